The third kappa shape index (κ3) is 3.65. The van der Waals surface area contributed by atoms with Gasteiger partial charge in [-0.3, -0.25) is 4.79 Å². The van der Waals surface area contributed by atoms with E-state index in [2.05, 4.69) is 21.4 Å². The molecule has 1 saturated carbocycles. The highest BCUT2D eigenvalue weighted by molar-refractivity contribution is 5.96. The molecule has 1 saturated heterocycles. The molecule has 0 radical (unpaired) electrons. The highest BCUT2D eigenvalue weighted by Gasteiger charge is 2.30. The molecule has 25 heavy (non-hydrogen) atoms. The zero-order valence-electron chi connectivity index (χ0n) is 14.6. The van der Waals surface area contributed by atoms with Crippen LogP contribution in [0.4, 0.5) is 5.82 Å². The minimum atomic E-state index is 0.193. The van der Waals surface area contributed by atoms with Crippen LogP contribution in [0.1, 0.15) is 53.2 Å². The molecule has 1 aliphatic heterocycles. The van der Waals surface area contributed by atoms with Crippen molar-refractivity contribution < 1.29 is 4.79 Å². The van der Waals surface area contributed by atoms with Crippen LogP contribution in [0.3, 0.4) is 0 Å². The summed E-state index contributed by atoms with van der Waals surface area (Å²) in [5, 5.41) is 3.47. The maximum Gasteiger partial charge on any atom is 0.254 e. The number of rotatable bonds is 4. The van der Waals surface area contributed by atoms with Gasteiger partial charge in [0.15, 0.2) is 0 Å². The Labute approximate surface area is 148 Å². The Hall–Kier alpha value is -2.43. The zero-order chi connectivity index (χ0) is 17.2. The van der Waals surface area contributed by atoms with Crippen LogP contribution in [0.15, 0.2) is 36.7 Å². The molecule has 0 atom stereocenters. The Kier molecular flexibility index (Phi) is 4.38. The fourth-order valence-corrected chi connectivity index (χ4v) is 3.58. The number of benzene rings is 1. The lowest BCUT2D eigenvalue weighted by atomic mass is 9.99. The molecule has 1 N–H and O–H groups in total. The van der Waals surface area contributed by atoms with Gasteiger partial charge in [0.05, 0.1) is 0 Å². The number of hydrogen-bond donors (Lipinski definition) is 1. The summed E-state index contributed by atoms with van der Waals surface area (Å²) in [5.41, 5.74) is 3.11. The van der Waals surface area contributed by atoms with Crippen molar-refractivity contribution in [3.8, 4) is 0 Å². The molecule has 2 aliphatic rings. The molecule has 4 rings (SSSR count). The summed E-state index contributed by atoms with van der Waals surface area (Å²) in [4.78, 5) is 23.3. The van der Waals surface area contributed by atoms with Gasteiger partial charge in [-0.2, -0.15) is 0 Å². The Morgan fingerprint density at radius 2 is 1.88 bits per heavy atom. The monoisotopic (exact) mass is 336 g/mol. The van der Waals surface area contributed by atoms with Crippen LogP contribution < -0.4 is 5.32 Å². The maximum absolute atomic E-state index is 12.9. The van der Waals surface area contributed by atoms with Crippen molar-refractivity contribution in [1.82, 2.24) is 14.9 Å². The van der Waals surface area contributed by atoms with Gasteiger partial charge in [-0.25, -0.2) is 9.97 Å². The van der Waals surface area contributed by atoms with Gasteiger partial charge in [-0.05, 0) is 50.2 Å². The fraction of sp³-hybridized carbons (Fsp3) is 0.450. The standard InChI is InChI=1S/C20H24N4O/c1-14-12-19(22-13-21-14)23-16-8-10-24(11-9-16)20(25)18-5-3-2-4-17(18)15-6-7-15/h2-5,12-13,15-16H,6-11H2,1H3,(H,21,22,23). The molecule has 2 fully saturated rings. The number of carbonyl (C=O) groups excluding carboxylic acids is 1. The van der Waals surface area contributed by atoms with Gasteiger partial charge in [-0.15, -0.1) is 0 Å². The second-order valence-corrected chi connectivity index (χ2v) is 7.12. The first kappa shape index (κ1) is 16.1. The summed E-state index contributed by atoms with van der Waals surface area (Å²) in [6, 6.07) is 10.5. The maximum atomic E-state index is 12.9. The number of hydrogen-bond acceptors (Lipinski definition) is 4. The number of nitrogens with zero attached hydrogens (tertiary/aromatic N) is 3. The Morgan fingerprint density at radius 3 is 2.60 bits per heavy atom. The molecule has 5 heteroatoms. The van der Waals surface area contributed by atoms with Crippen molar-refractivity contribution in [2.45, 2.75) is 44.6 Å². The smallest absolute Gasteiger partial charge is 0.254 e. The first-order chi connectivity index (χ1) is 12.2. The van der Waals surface area contributed by atoms with Crippen LogP contribution in [0.2, 0.25) is 0 Å². The van der Waals surface area contributed by atoms with E-state index in [1.807, 2.05) is 36.1 Å². The van der Waals surface area contributed by atoms with Crippen LogP contribution >= 0.6 is 0 Å². The number of aromatic nitrogens is 2. The lowest BCUT2D eigenvalue weighted by molar-refractivity contribution is 0.0717. The molecular formula is C20H24N4O. The fourth-order valence-electron chi connectivity index (χ4n) is 3.58. The van der Waals surface area contributed by atoms with E-state index in [0.29, 0.717) is 12.0 Å². The molecule has 1 aromatic heterocycles. The normalized spacial score (nSPS) is 18.2. The molecule has 2 heterocycles. The average Bonchev–Trinajstić information content (AvgIpc) is 3.47. The summed E-state index contributed by atoms with van der Waals surface area (Å²) < 4.78 is 0. The number of aryl methyl sites for hydroxylation is 1. The second kappa shape index (κ2) is 6.82. The van der Waals surface area contributed by atoms with Crippen LogP contribution in [-0.2, 0) is 0 Å². The van der Waals surface area contributed by atoms with Crippen molar-refractivity contribution in [3.05, 3.63) is 53.5 Å². The molecule has 1 aromatic carbocycles. The van der Waals surface area contributed by atoms with Gasteiger partial charge >= 0.3 is 0 Å². The largest absolute Gasteiger partial charge is 0.367 e. The van der Waals surface area contributed by atoms with Crippen LogP contribution in [-0.4, -0.2) is 39.9 Å². The van der Waals surface area contributed by atoms with Crippen molar-refractivity contribution in [3.63, 3.8) is 0 Å². The second-order valence-electron chi connectivity index (χ2n) is 7.12. The highest BCUT2D eigenvalue weighted by atomic mass is 16.2. The number of piperidine rings is 1. The minimum Gasteiger partial charge on any atom is -0.367 e. The van der Waals surface area contributed by atoms with E-state index < -0.39 is 0 Å². The quantitative estimate of drug-likeness (QED) is 0.930. The van der Waals surface area contributed by atoms with Crippen LogP contribution in [0, 0.1) is 6.92 Å². The molecular weight excluding hydrogens is 312 g/mol. The first-order valence-electron chi connectivity index (χ1n) is 9.14. The molecule has 0 spiro atoms. The molecule has 0 bridgehead atoms. The number of nitrogens with one attached hydrogen (secondary N) is 1. The van der Waals surface area contributed by atoms with E-state index in [9.17, 15) is 4.79 Å². The van der Waals surface area contributed by atoms with E-state index in [1.54, 1.807) is 6.33 Å². The predicted octanol–water partition coefficient (Wildman–Crippen LogP) is 3.38. The van der Waals surface area contributed by atoms with Gasteiger partial charge in [0.2, 0.25) is 0 Å². The zero-order valence-corrected chi connectivity index (χ0v) is 14.6. The third-order valence-electron chi connectivity index (χ3n) is 5.15. The first-order valence-corrected chi connectivity index (χ1v) is 9.14. The average molecular weight is 336 g/mol. The van der Waals surface area contributed by atoms with E-state index in [-0.39, 0.29) is 5.91 Å². The summed E-state index contributed by atoms with van der Waals surface area (Å²) >= 11 is 0. The molecule has 2 aromatic rings. The van der Waals surface area contributed by atoms with Crippen molar-refractivity contribution in [1.29, 1.82) is 0 Å². The van der Waals surface area contributed by atoms with Crippen LogP contribution in [0.25, 0.3) is 0 Å². The Bertz CT molecular complexity index is 764. The molecule has 1 aliphatic carbocycles. The van der Waals surface area contributed by atoms with E-state index in [4.69, 9.17) is 0 Å². The topological polar surface area (TPSA) is 58.1 Å². The third-order valence-corrected chi connectivity index (χ3v) is 5.15. The van der Waals surface area contributed by atoms with Crippen molar-refractivity contribution >= 4 is 11.7 Å². The van der Waals surface area contributed by atoms with Crippen molar-refractivity contribution in [2.24, 2.45) is 0 Å². The SMILES string of the molecule is Cc1cc(NC2CCN(C(=O)c3ccccc3C3CC3)CC2)ncn1. The minimum absolute atomic E-state index is 0.193. The molecule has 0 unspecified atom stereocenters. The van der Waals surface area contributed by atoms with Gasteiger partial charge in [0.25, 0.3) is 5.91 Å². The van der Waals surface area contributed by atoms with Crippen molar-refractivity contribution in [2.75, 3.05) is 18.4 Å². The van der Waals surface area contributed by atoms with E-state index in [0.717, 1.165) is 43.0 Å². The van der Waals surface area contributed by atoms with Gasteiger partial charge in [0, 0.05) is 36.5 Å². The predicted molar refractivity (Wildman–Crippen MR) is 97.7 cm³/mol. The Morgan fingerprint density at radius 1 is 1.12 bits per heavy atom. The van der Waals surface area contributed by atoms with E-state index >= 15 is 0 Å². The summed E-state index contributed by atoms with van der Waals surface area (Å²) in [5.74, 6) is 1.66. The highest BCUT2D eigenvalue weighted by Crippen LogP contribution is 2.41. The number of carbonyl (C=O) groups is 1. The summed E-state index contributed by atoms with van der Waals surface area (Å²) in [6.45, 7) is 3.55. The molecule has 5 nitrogen and oxygen atoms in total. The number of likely N-dealkylation sites (tertiary alicyclic amines) is 1. The lowest BCUT2D eigenvalue weighted by Crippen LogP contribution is -2.42. The van der Waals surface area contributed by atoms with Gasteiger partial charge in [0.1, 0.15) is 12.1 Å². The summed E-state index contributed by atoms with van der Waals surface area (Å²) in [6.07, 6.45) is 5.91. The summed E-state index contributed by atoms with van der Waals surface area (Å²) in [7, 11) is 0. The molecule has 130 valence electrons. The van der Waals surface area contributed by atoms with Gasteiger partial charge in [-0.1, -0.05) is 18.2 Å². The Balaban J connectivity index is 1.38. The van der Waals surface area contributed by atoms with Gasteiger partial charge < -0.3 is 10.2 Å². The van der Waals surface area contributed by atoms with E-state index in [1.165, 1.54) is 18.4 Å². The molecule has 1 amide bonds. The number of amides is 1. The number of anilines is 1. The lowest BCUT2D eigenvalue weighted by Gasteiger charge is -2.33. The van der Waals surface area contributed by atoms with Crippen LogP contribution in [0.5, 0.6) is 0 Å².